The van der Waals surface area contributed by atoms with Gasteiger partial charge in [-0.05, 0) is 36.2 Å². The lowest BCUT2D eigenvalue weighted by atomic mass is 9.95. The van der Waals surface area contributed by atoms with E-state index in [9.17, 15) is 0 Å². The Bertz CT molecular complexity index is 231. The van der Waals surface area contributed by atoms with Crippen molar-refractivity contribution in [2.75, 3.05) is 7.11 Å². The standard InChI is InChI=1S/C9H15NOS/c1-9(2,11-3)8(10)7-4-5-12-6-7/h4-6,8H,10H2,1-3H3. The second-order valence-electron chi connectivity index (χ2n) is 3.34. The van der Waals surface area contributed by atoms with Crippen molar-refractivity contribution in [3.63, 3.8) is 0 Å². The van der Waals surface area contributed by atoms with Gasteiger partial charge in [0.1, 0.15) is 0 Å². The molecule has 0 fully saturated rings. The molecule has 1 unspecified atom stereocenters. The Labute approximate surface area is 77.3 Å². The summed E-state index contributed by atoms with van der Waals surface area (Å²) in [7, 11) is 1.69. The maximum Gasteiger partial charge on any atom is 0.0814 e. The van der Waals surface area contributed by atoms with Gasteiger partial charge in [0.05, 0.1) is 11.6 Å². The third-order valence-corrected chi connectivity index (χ3v) is 2.88. The molecule has 0 aliphatic heterocycles. The van der Waals surface area contributed by atoms with Gasteiger partial charge in [-0.1, -0.05) is 0 Å². The predicted molar refractivity (Wildman–Crippen MR) is 52.3 cm³/mol. The smallest absolute Gasteiger partial charge is 0.0814 e. The molecule has 1 aromatic rings. The molecule has 68 valence electrons. The molecular weight excluding hydrogens is 170 g/mol. The number of methoxy groups -OCH3 is 1. The van der Waals surface area contributed by atoms with Crippen LogP contribution in [0, 0.1) is 0 Å². The van der Waals surface area contributed by atoms with E-state index in [-0.39, 0.29) is 11.6 Å². The summed E-state index contributed by atoms with van der Waals surface area (Å²) in [5, 5.41) is 4.09. The van der Waals surface area contributed by atoms with Crippen molar-refractivity contribution in [1.29, 1.82) is 0 Å². The maximum absolute atomic E-state index is 6.01. The summed E-state index contributed by atoms with van der Waals surface area (Å²) in [5.41, 5.74) is 6.86. The largest absolute Gasteiger partial charge is 0.377 e. The zero-order valence-electron chi connectivity index (χ0n) is 7.70. The molecular formula is C9H15NOS. The van der Waals surface area contributed by atoms with Crippen molar-refractivity contribution in [1.82, 2.24) is 0 Å². The van der Waals surface area contributed by atoms with Crippen molar-refractivity contribution in [2.45, 2.75) is 25.5 Å². The van der Waals surface area contributed by atoms with Gasteiger partial charge < -0.3 is 10.5 Å². The quantitative estimate of drug-likeness (QED) is 0.783. The molecule has 0 saturated heterocycles. The average molecular weight is 185 g/mol. The van der Waals surface area contributed by atoms with Crippen molar-refractivity contribution < 1.29 is 4.74 Å². The van der Waals surface area contributed by atoms with Crippen molar-refractivity contribution in [3.8, 4) is 0 Å². The summed E-state index contributed by atoms with van der Waals surface area (Å²) in [5.74, 6) is 0. The van der Waals surface area contributed by atoms with Gasteiger partial charge >= 0.3 is 0 Å². The number of hydrogen-bond acceptors (Lipinski definition) is 3. The Balaban J connectivity index is 2.78. The van der Waals surface area contributed by atoms with Crippen LogP contribution in [0.15, 0.2) is 16.8 Å². The van der Waals surface area contributed by atoms with Gasteiger partial charge in [-0.3, -0.25) is 0 Å². The lowest BCUT2D eigenvalue weighted by molar-refractivity contribution is 0.0000752. The van der Waals surface area contributed by atoms with Crippen LogP contribution < -0.4 is 5.73 Å². The minimum atomic E-state index is -0.291. The van der Waals surface area contributed by atoms with E-state index in [2.05, 4.69) is 5.38 Å². The first kappa shape index (κ1) is 9.71. The van der Waals surface area contributed by atoms with Gasteiger partial charge in [-0.25, -0.2) is 0 Å². The first-order valence-corrected chi connectivity index (χ1v) is 4.85. The molecule has 0 aromatic carbocycles. The van der Waals surface area contributed by atoms with Crippen LogP contribution in [0.2, 0.25) is 0 Å². The zero-order valence-corrected chi connectivity index (χ0v) is 8.52. The summed E-state index contributed by atoms with van der Waals surface area (Å²) in [6.45, 7) is 3.99. The third-order valence-electron chi connectivity index (χ3n) is 2.18. The summed E-state index contributed by atoms with van der Waals surface area (Å²) in [4.78, 5) is 0. The summed E-state index contributed by atoms with van der Waals surface area (Å²) in [6.07, 6.45) is 0. The SMILES string of the molecule is COC(C)(C)C(N)c1ccsc1. The normalized spacial score (nSPS) is 14.7. The van der Waals surface area contributed by atoms with Gasteiger partial charge in [0.2, 0.25) is 0 Å². The van der Waals surface area contributed by atoms with Gasteiger partial charge in [0, 0.05) is 7.11 Å². The predicted octanol–water partition coefficient (Wildman–Crippen LogP) is 2.17. The van der Waals surface area contributed by atoms with Gasteiger partial charge in [0.15, 0.2) is 0 Å². The maximum atomic E-state index is 6.01. The number of nitrogens with two attached hydrogens (primary N) is 1. The van der Waals surface area contributed by atoms with Crippen molar-refractivity contribution in [2.24, 2.45) is 5.73 Å². The summed E-state index contributed by atoms with van der Waals surface area (Å²) >= 11 is 1.66. The fourth-order valence-electron chi connectivity index (χ4n) is 0.980. The molecule has 1 atom stereocenters. The van der Waals surface area contributed by atoms with Crippen LogP contribution in [0.5, 0.6) is 0 Å². The van der Waals surface area contributed by atoms with E-state index in [1.807, 2.05) is 25.3 Å². The molecule has 0 amide bonds. The van der Waals surface area contributed by atoms with E-state index in [1.54, 1.807) is 18.4 Å². The van der Waals surface area contributed by atoms with E-state index in [1.165, 1.54) is 0 Å². The average Bonchev–Trinajstić information content (AvgIpc) is 2.55. The number of ether oxygens (including phenoxy) is 1. The molecule has 0 aliphatic carbocycles. The lowest BCUT2D eigenvalue weighted by Crippen LogP contribution is -2.36. The monoisotopic (exact) mass is 185 g/mol. The Morgan fingerprint density at radius 2 is 2.25 bits per heavy atom. The van der Waals surface area contributed by atoms with Crippen LogP contribution in [-0.4, -0.2) is 12.7 Å². The second-order valence-corrected chi connectivity index (χ2v) is 4.12. The molecule has 0 radical (unpaired) electrons. The molecule has 1 heterocycles. The summed E-state index contributed by atoms with van der Waals surface area (Å²) < 4.78 is 5.30. The van der Waals surface area contributed by atoms with Crippen molar-refractivity contribution >= 4 is 11.3 Å². The van der Waals surface area contributed by atoms with E-state index >= 15 is 0 Å². The molecule has 0 spiro atoms. The molecule has 0 saturated carbocycles. The fraction of sp³-hybridized carbons (Fsp3) is 0.556. The molecule has 12 heavy (non-hydrogen) atoms. The van der Waals surface area contributed by atoms with Gasteiger partial charge in [-0.15, -0.1) is 0 Å². The van der Waals surface area contributed by atoms with Crippen LogP contribution in [0.4, 0.5) is 0 Å². The van der Waals surface area contributed by atoms with Crippen LogP contribution in [0.25, 0.3) is 0 Å². The van der Waals surface area contributed by atoms with Crippen LogP contribution >= 0.6 is 11.3 Å². The van der Waals surface area contributed by atoms with Crippen LogP contribution in [-0.2, 0) is 4.74 Å². The van der Waals surface area contributed by atoms with Crippen molar-refractivity contribution in [3.05, 3.63) is 22.4 Å². The molecule has 2 nitrogen and oxygen atoms in total. The first-order valence-electron chi connectivity index (χ1n) is 3.91. The minimum absolute atomic E-state index is 0.0475. The highest BCUT2D eigenvalue weighted by Gasteiger charge is 2.27. The van der Waals surface area contributed by atoms with Crippen LogP contribution in [0.1, 0.15) is 25.5 Å². The van der Waals surface area contributed by atoms with E-state index in [4.69, 9.17) is 10.5 Å². The van der Waals surface area contributed by atoms with Gasteiger partial charge in [0.25, 0.3) is 0 Å². The van der Waals surface area contributed by atoms with E-state index < -0.39 is 0 Å². The molecule has 0 bridgehead atoms. The highest BCUT2D eigenvalue weighted by Crippen LogP contribution is 2.26. The van der Waals surface area contributed by atoms with E-state index in [0.29, 0.717) is 0 Å². The highest BCUT2D eigenvalue weighted by atomic mass is 32.1. The Morgan fingerprint density at radius 3 is 2.67 bits per heavy atom. The molecule has 0 aliphatic rings. The first-order chi connectivity index (χ1) is 5.58. The molecule has 1 rings (SSSR count). The third kappa shape index (κ3) is 1.86. The van der Waals surface area contributed by atoms with Gasteiger partial charge in [-0.2, -0.15) is 11.3 Å². The summed E-state index contributed by atoms with van der Waals surface area (Å²) in [6, 6.07) is 1.99. The second kappa shape index (κ2) is 3.56. The Morgan fingerprint density at radius 1 is 1.58 bits per heavy atom. The molecule has 3 heteroatoms. The lowest BCUT2D eigenvalue weighted by Gasteiger charge is -2.29. The Hall–Kier alpha value is -0.380. The zero-order chi connectivity index (χ0) is 9.19. The minimum Gasteiger partial charge on any atom is -0.377 e. The molecule has 1 aromatic heterocycles. The number of rotatable bonds is 3. The number of thiophene rings is 1. The fourth-order valence-corrected chi connectivity index (χ4v) is 1.68. The van der Waals surface area contributed by atoms with E-state index in [0.717, 1.165) is 5.56 Å². The highest BCUT2D eigenvalue weighted by molar-refractivity contribution is 7.07. The molecule has 2 N–H and O–H groups in total. The number of hydrogen-bond donors (Lipinski definition) is 1. The Kier molecular flexibility index (Phi) is 2.88. The van der Waals surface area contributed by atoms with Crippen LogP contribution in [0.3, 0.4) is 0 Å². The topological polar surface area (TPSA) is 35.2 Å².